The van der Waals surface area contributed by atoms with Crippen molar-refractivity contribution in [3.05, 3.63) is 11.1 Å². The number of piperidine rings is 1. The standard InChI is InChI=1S/C17H31N7OS.HI/c1-5-19-16(20-10-14-12-26-17(22-14)23(3)4)21-13-6-8-24(9-7-13)11-15(25)18-2;/h12-13H,5-11H2,1-4H3,(H,18,25)(H2,19,20,21);1H. The lowest BCUT2D eigenvalue weighted by molar-refractivity contribution is -0.122. The zero-order chi connectivity index (χ0) is 18.9. The molecule has 0 saturated carbocycles. The number of guanidine groups is 1. The summed E-state index contributed by atoms with van der Waals surface area (Å²) in [6.07, 6.45) is 2.01. The van der Waals surface area contributed by atoms with Crippen LogP contribution < -0.4 is 20.9 Å². The molecule has 0 atom stereocenters. The van der Waals surface area contributed by atoms with Gasteiger partial charge in [-0.15, -0.1) is 35.3 Å². The lowest BCUT2D eigenvalue weighted by atomic mass is 10.1. The number of aliphatic imine (C=N–C) groups is 1. The van der Waals surface area contributed by atoms with Gasteiger partial charge < -0.3 is 20.9 Å². The number of thiazole rings is 1. The number of anilines is 1. The molecule has 0 aliphatic carbocycles. The number of nitrogens with zero attached hydrogens (tertiary/aromatic N) is 4. The number of hydrogen-bond donors (Lipinski definition) is 3. The van der Waals surface area contributed by atoms with Crippen LogP contribution in [0.4, 0.5) is 5.13 Å². The summed E-state index contributed by atoms with van der Waals surface area (Å²) in [5.74, 6) is 0.906. The molecule has 8 nitrogen and oxygen atoms in total. The molecule has 0 radical (unpaired) electrons. The van der Waals surface area contributed by atoms with E-state index in [4.69, 9.17) is 0 Å². The molecule has 1 saturated heterocycles. The Bertz CT molecular complexity index is 600. The summed E-state index contributed by atoms with van der Waals surface area (Å²) in [5.41, 5.74) is 0.983. The SMILES string of the molecule is CCNC(=NCc1csc(N(C)C)n1)NC1CCN(CC(=O)NC)CC1.I. The molecule has 1 fully saturated rings. The molecule has 3 N–H and O–H groups in total. The highest BCUT2D eigenvalue weighted by molar-refractivity contribution is 14.0. The molecule has 1 aliphatic heterocycles. The predicted octanol–water partition coefficient (Wildman–Crippen LogP) is 1.09. The molecule has 2 heterocycles. The maximum Gasteiger partial charge on any atom is 0.233 e. The molecule has 2 rings (SSSR count). The first kappa shape index (κ1) is 23.9. The Labute approximate surface area is 183 Å². The van der Waals surface area contributed by atoms with E-state index in [1.807, 2.05) is 19.0 Å². The third kappa shape index (κ3) is 8.18. The van der Waals surface area contributed by atoms with Crippen LogP contribution in [0.25, 0.3) is 0 Å². The third-order valence-electron chi connectivity index (χ3n) is 4.24. The highest BCUT2D eigenvalue weighted by Gasteiger charge is 2.21. The lowest BCUT2D eigenvalue weighted by Crippen LogP contribution is -2.50. The van der Waals surface area contributed by atoms with Gasteiger partial charge >= 0.3 is 0 Å². The Morgan fingerprint density at radius 2 is 2.11 bits per heavy atom. The number of aromatic nitrogens is 1. The summed E-state index contributed by atoms with van der Waals surface area (Å²) >= 11 is 1.63. The van der Waals surface area contributed by atoms with Gasteiger partial charge in [0.15, 0.2) is 11.1 Å². The first-order valence-electron chi connectivity index (χ1n) is 9.11. The van der Waals surface area contributed by atoms with Gasteiger partial charge in [0.25, 0.3) is 0 Å². The van der Waals surface area contributed by atoms with Crippen molar-refractivity contribution in [1.29, 1.82) is 0 Å². The average Bonchev–Trinajstić information content (AvgIpc) is 3.11. The van der Waals surface area contributed by atoms with E-state index < -0.39 is 0 Å². The van der Waals surface area contributed by atoms with Crippen molar-refractivity contribution in [3.8, 4) is 0 Å². The van der Waals surface area contributed by atoms with Crippen LogP contribution in [0, 0.1) is 0 Å². The molecule has 1 amide bonds. The topological polar surface area (TPSA) is 84.9 Å². The highest BCUT2D eigenvalue weighted by atomic mass is 127. The summed E-state index contributed by atoms with van der Waals surface area (Å²) in [4.78, 5) is 24.9. The van der Waals surface area contributed by atoms with Crippen LogP contribution in [0.15, 0.2) is 10.4 Å². The summed E-state index contributed by atoms with van der Waals surface area (Å²) in [6, 6.07) is 0.376. The Morgan fingerprint density at radius 1 is 1.41 bits per heavy atom. The van der Waals surface area contributed by atoms with Crippen LogP contribution in [-0.2, 0) is 11.3 Å². The van der Waals surface area contributed by atoms with E-state index >= 15 is 0 Å². The number of amides is 1. The fourth-order valence-corrected chi connectivity index (χ4v) is 3.51. The molecule has 10 heteroatoms. The molecule has 1 aliphatic rings. The van der Waals surface area contributed by atoms with Crippen molar-refractivity contribution in [3.63, 3.8) is 0 Å². The Kier molecular flexibility index (Phi) is 10.9. The van der Waals surface area contributed by atoms with Gasteiger partial charge in [0.2, 0.25) is 5.91 Å². The summed E-state index contributed by atoms with van der Waals surface area (Å²) in [7, 11) is 5.67. The number of likely N-dealkylation sites (tertiary alicyclic amines) is 1. The summed E-state index contributed by atoms with van der Waals surface area (Å²) in [6.45, 7) is 5.77. The van der Waals surface area contributed by atoms with Gasteiger partial charge in [-0.2, -0.15) is 0 Å². The van der Waals surface area contributed by atoms with E-state index in [0.717, 1.165) is 49.3 Å². The molecule has 0 spiro atoms. The zero-order valence-corrected chi connectivity index (χ0v) is 19.8. The first-order valence-corrected chi connectivity index (χ1v) is 9.99. The Hall–Kier alpha value is -1.14. The number of hydrogen-bond acceptors (Lipinski definition) is 6. The van der Waals surface area contributed by atoms with E-state index in [9.17, 15) is 4.79 Å². The molecule has 1 aromatic rings. The maximum atomic E-state index is 11.5. The van der Waals surface area contributed by atoms with E-state index in [0.29, 0.717) is 19.1 Å². The van der Waals surface area contributed by atoms with Gasteiger partial charge in [0, 0.05) is 52.2 Å². The fraction of sp³-hybridized carbons (Fsp3) is 0.706. The monoisotopic (exact) mass is 509 g/mol. The molecule has 154 valence electrons. The molecule has 1 aromatic heterocycles. The van der Waals surface area contributed by atoms with Crippen LogP contribution in [0.3, 0.4) is 0 Å². The Morgan fingerprint density at radius 3 is 2.67 bits per heavy atom. The van der Waals surface area contributed by atoms with Gasteiger partial charge in [-0.1, -0.05) is 0 Å². The quantitative estimate of drug-likeness (QED) is 0.290. The molecule has 0 aromatic carbocycles. The molecule has 27 heavy (non-hydrogen) atoms. The van der Waals surface area contributed by atoms with Gasteiger partial charge in [-0.3, -0.25) is 9.69 Å². The van der Waals surface area contributed by atoms with Crippen LogP contribution in [0.5, 0.6) is 0 Å². The third-order valence-corrected chi connectivity index (χ3v) is 5.30. The number of carbonyl (C=O) groups excluding carboxylic acids is 1. The van der Waals surface area contributed by atoms with Gasteiger partial charge in [-0.05, 0) is 19.8 Å². The van der Waals surface area contributed by atoms with Crippen molar-refractivity contribution in [2.45, 2.75) is 32.4 Å². The summed E-state index contributed by atoms with van der Waals surface area (Å²) in [5, 5.41) is 12.6. The van der Waals surface area contributed by atoms with E-state index in [-0.39, 0.29) is 29.9 Å². The number of halogens is 1. The second-order valence-electron chi connectivity index (χ2n) is 6.58. The molecule has 0 bridgehead atoms. The number of nitrogens with one attached hydrogen (secondary N) is 3. The van der Waals surface area contributed by atoms with E-state index in [2.05, 4.69) is 43.1 Å². The molecular weight excluding hydrogens is 477 g/mol. The number of carbonyl (C=O) groups is 1. The highest BCUT2D eigenvalue weighted by Crippen LogP contribution is 2.18. The second kappa shape index (κ2) is 12.3. The van der Waals surface area contributed by atoms with E-state index in [1.165, 1.54) is 0 Å². The first-order chi connectivity index (χ1) is 12.5. The van der Waals surface area contributed by atoms with Crippen molar-refractivity contribution in [2.24, 2.45) is 4.99 Å². The number of likely N-dealkylation sites (N-methyl/N-ethyl adjacent to an activating group) is 1. The lowest BCUT2D eigenvalue weighted by Gasteiger charge is -2.32. The molecular formula is C17H32IN7OS. The minimum absolute atomic E-state index is 0. The Balaban J connectivity index is 0.00000364. The molecule has 0 unspecified atom stereocenters. The summed E-state index contributed by atoms with van der Waals surface area (Å²) < 4.78 is 0. The van der Waals surface area contributed by atoms with Crippen LogP contribution in [0.2, 0.25) is 0 Å². The largest absolute Gasteiger partial charge is 0.358 e. The normalized spacial score (nSPS) is 15.8. The fourth-order valence-electron chi connectivity index (χ4n) is 2.77. The maximum absolute atomic E-state index is 11.5. The van der Waals surface area contributed by atoms with Crippen molar-refractivity contribution < 1.29 is 4.79 Å². The van der Waals surface area contributed by atoms with Crippen molar-refractivity contribution in [2.75, 3.05) is 52.2 Å². The zero-order valence-electron chi connectivity index (χ0n) is 16.6. The minimum Gasteiger partial charge on any atom is -0.358 e. The predicted molar refractivity (Wildman–Crippen MR) is 123 cm³/mol. The van der Waals surface area contributed by atoms with Gasteiger partial charge in [0.1, 0.15) is 0 Å². The van der Waals surface area contributed by atoms with Crippen LogP contribution in [0.1, 0.15) is 25.5 Å². The van der Waals surface area contributed by atoms with Crippen molar-refractivity contribution >= 4 is 52.3 Å². The van der Waals surface area contributed by atoms with E-state index in [1.54, 1.807) is 18.4 Å². The number of rotatable bonds is 7. The minimum atomic E-state index is 0. The smallest absolute Gasteiger partial charge is 0.233 e. The van der Waals surface area contributed by atoms with Crippen LogP contribution >= 0.6 is 35.3 Å². The second-order valence-corrected chi connectivity index (χ2v) is 7.42. The van der Waals surface area contributed by atoms with Gasteiger partial charge in [-0.25, -0.2) is 9.98 Å². The average molecular weight is 509 g/mol. The van der Waals surface area contributed by atoms with Crippen molar-refractivity contribution in [1.82, 2.24) is 25.8 Å². The van der Waals surface area contributed by atoms with Crippen LogP contribution in [-0.4, -0.2) is 75.1 Å². The van der Waals surface area contributed by atoms with Gasteiger partial charge in [0.05, 0.1) is 18.8 Å².